The number of anilines is 2. The zero-order valence-corrected chi connectivity index (χ0v) is 17.4. The van der Waals surface area contributed by atoms with Gasteiger partial charge in [-0.05, 0) is 32.9 Å². The number of para-hydroxylation sites is 1. The number of hydrogen-bond acceptors (Lipinski definition) is 4. The van der Waals surface area contributed by atoms with Gasteiger partial charge < -0.3 is 15.0 Å². The molecule has 2 N–H and O–H groups in total. The number of amides is 2. The molecule has 0 bridgehead atoms. The summed E-state index contributed by atoms with van der Waals surface area (Å²) < 4.78 is 5.45. The molecule has 1 aromatic heterocycles. The second-order valence-electron chi connectivity index (χ2n) is 8.27. The number of benzene rings is 2. The van der Waals surface area contributed by atoms with E-state index in [1.165, 1.54) is 4.90 Å². The van der Waals surface area contributed by atoms with E-state index in [1.54, 1.807) is 20.8 Å². The first-order chi connectivity index (χ1) is 14.3. The van der Waals surface area contributed by atoms with Gasteiger partial charge in [0.2, 0.25) is 0 Å². The topological polar surface area (TPSA) is 74.4 Å². The molecule has 0 radical (unpaired) electrons. The smallest absolute Gasteiger partial charge is 0.417 e. The summed E-state index contributed by atoms with van der Waals surface area (Å²) in [5.74, 6) is -0.359. The fourth-order valence-corrected chi connectivity index (χ4v) is 3.54. The number of carbonyl (C=O) groups excluding carboxylic acids is 2. The summed E-state index contributed by atoms with van der Waals surface area (Å²) in [6.07, 6.45) is -0.0809. The van der Waals surface area contributed by atoms with E-state index in [0.29, 0.717) is 17.7 Å². The predicted octanol–water partition coefficient (Wildman–Crippen LogP) is 5.36. The van der Waals surface area contributed by atoms with Crippen LogP contribution in [-0.4, -0.2) is 34.0 Å². The van der Waals surface area contributed by atoms with Gasteiger partial charge >= 0.3 is 6.09 Å². The number of imide groups is 1. The lowest BCUT2D eigenvalue weighted by Crippen LogP contribution is -2.44. The summed E-state index contributed by atoms with van der Waals surface area (Å²) in [6, 6.07) is 19.5. The molecule has 0 aliphatic carbocycles. The van der Waals surface area contributed by atoms with Gasteiger partial charge in [-0.1, -0.05) is 48.5 Å². The Kier molecular flexibility index (Phi) is 5.08. The molecular weight excluding hydrogens is 378 g/mol. The van der Waals surface area contributed by atoms with Crippen molar-refractivity contribution in [2.75, 3.05) is 11.9 Å². The zero-order chi connectivity index (χ0) is 21.3. The van der Waals surface area contributed by atoms with E-state index in [2.05, 4.69) is 10.3 Å². The van der Waals surface area contributed by atoms with Crippen LogP contribution in [0.2, 0.25) is 0 Å². The average Bonchev–Trinajstić information content (AvgIpc) is 3.07. The van der Waals surface area contributed by atoms with Gasteiger partial charge in [0.15, 0.2) is 0 Å². The number of rotatable bonds is 3. The lowest BCUT2D eigenvalue weighted by molar-refractivity contribution is 0.0233. The van der Waals surface area contributed by atoms with E-state index in [4.69, 9.17) is 4.74 Å². The van der Waals surface area contributed by atoms with Crippen molar-refractivity contribution in [3.05, 3.63) is 71.9 Å². The Balaban J connectivity index is 1.77. The maximum absolute atomic E-state index is 13.4. The average molecular weight is 403 g/mol. The number of aromatic nitrogens is 1. The number of carbonyl (C=O) groups is 2. The molecule has 2 amide bonds. The number of ether oxygens (including phenoxy) is 1. The highest BCUT2D eigenvalue weighted by molar-refractivity contribution is 6.11. The molecule has 0 saturated carbocycles. The minimum Gasteiger partial charge on any atom is -0.443 e. The van der Waals surface area contributed by atoms with E-state index >= 15 is 0 Å². The molecule has 6 heteroatoms. The summed E-state index contributed by atoms with van der Waals surface area (Å²) in [4.78, 5) is 30.6. The Bertz CT molecular complexity index is 1070. The van der Waals surface area contributed by atoms with Crippen LogP contribution in [0.5, 0.6) is 0 Å². The summed E-state index contributed by atoms with van der Waals surface area (Å²) in [5.41, 5.74) is 3.94. The second-order valence-corrected chi connectivity index (χ2v) is 8.27. The molecular formula is C24H25N3O3. The first kappa shape index (κ1) is 19.8. The summed E-state index contributed by atoms with van der Waals surface area (Å²) >= 11 is 0. The van der Waals surface area contributed by atoms with Crippen molar-refractivity contribution in [2.45, 2.75) is 32.8 Å². The fourth-order valence-electron chi connectivity index (χ4n) is 3.54. The standard InChI is InChI=1S/C24H25N3O3/c1-24(2,3)30-23(29)27-15-14-18-19(22(27)28)21(25-17-12-8-5-9-13-17)20(26-18)16-10-6-4-7-11-16/h4-13,25-26H,14-15H2,1-3H3. The Labute approximate surface area is 175 Å². The molecule has 2 heterocycles. The van der Waals surface area contributed by atoms with Gasteiger partial charge in [-0.25, -0.2) is 9.69 Å². The lowest BCUT2D eigenvalue weighted by Gasteiger charge is -2.29. The van der Waals surface area contributed by atoms with Crippen LogP contribution in [0.1, 0.15) is 36.8 Å². The van der Waals surface area contributed by atoms with Crippen LogP contribution in [0.15, 0.2) is 60.7 Å². The Morgan fingerprint density at radius 2 is 1.67 bits per heavy atom. The van der Waals surface area contributed by atoms with E-state index in [-0.39, 0.29) is 12.5 Å². The number of fused-ring (bicyclic) bond motifs is 1. The molecule has 4 rings (SSSR count). The van der Waals surface area contributed by atoms with Crippen molar-refractivity contribution in [2.24, 2.45) is 0 Å². The normalized spacial score (nSPS) is 13.7. The largest absolute Gasteiger partial charge is 0.443 e. The van der Waals surface area contributed by atoms with Crippen LogP contribution in [0.4, 0.5) is 16.2 Å². The molecule has 0 spiro atoms. The van der Waals surface area contributed by atoms with Crippen molar-refractivity contribution in [3.63, 3.8) is 0 Å². The highest BCUT2D eigenvalue weighted by Crippen LogP contribution is 2.38. The van der Waals surface area contributed by atoms with E-state index in [9.17, 15) is 9.59 Å². The molecule has 2 aromatic carbocycles. The molecule has 30 heavy (non-hydrogen) atoms. The lowest BCUT2D eigenvalue weighted by atomic mass is 10.0. The summed E-state index contributed by atoms with van der Waals surface area (Å²) in [7, 11) is 0. The number of nitrogens with one attached hydrogen (secondary N) is 2. The second kappa shape index (κ2) is 7.71. The van der Waals surface area contributed by atoms with Crippen molar-refractivity contribution in [1.82, 2.24) is 9.88 Å². The zero-order valence-electron chi connectivity index (χ0n) is 17.4. The van der Waals surface area contributed by atoms with Gasteiger partial charge in [0.1, 0.15) is 5.60 Å². The number of nitrogens with zero attached hydrogens (tertiary/aromatic N) is 1. The molecule has 1 aliphatic heterocycles. The minimum absolute atomic E-state index is 0.278. The quantitative estimate of drug-likeness (QED) is 0.617. The van der Waals surface area contributed by atoms with Crippen LogP contribution in [0.25, 0.3) is 11.3 Å². The van der Waals surface area contributed by atoms with Gasteiger partial charge in [-0.2, -0.15) is 0 Å². The molecule has 6 nitrogen and oxygen atoms in total. The van der Waals surface area contributed by atoms with E-state index in [0.717, 1.165) is 22.6 Å². The van der Waals surface area contributed by atoms with Crippen LogP contribution in [-0.2, 0) is 11.2 Å². The van der Waals surface area contributed by atoms with Gasteiger partial charge in [0.05, 0.1) is 16.9 Å². The summed E-state index contributed by atoms with van der Waals surface area (Å²) in [6.45, 7) is 5.64. The molecule has 154 valence electrons. The van der Waals surface area contributed by atoms with Crippen molar-refractivity contribution < 1.29 is 14.3 Å². The Hall–Kier alpha value is -3.54. The van der Waals surface area contributed by atoms with Crippen molar-refractivity contribution >= 4 is 23.4 Å². The highest BCUT2D eigenvalue weighted by Gasteiger charge is 2.36. The van der Waals surface area contributed by atoms with Gasteiger partial charge in [-0.3, -0.25) is 4.79 Å². The predicted molar refractivity (Wildman–Crippen MR) is 117 cm³/mol. The number of aromatic amines is 1. The molecule has 0 saturated heterocycles. The van der Waals surface area contributed by atoms with E-state index in [1.807, 2.05) is 60.7 Å². The van der Waals surface area contributed by atoms with Gasteiger partial charge in [0.25, 0.3) is 5.91 Å². The van der Waals surface area contributed by atoms with Crippen LogP contribution >= 0.6 is 0 Å². The van der Waals surface area contributed by atoms with Crippen molar-refractivity contribution in [3.8, 4) is 11.3 Å². The third-order valence-electron chi connectivity index (χ3n) is 4.84. The van der Waals surface area contributed by atoms with Gasteiger partial charge in [0, 0.05) is 29.9 Å². The Morgan fingerprint density at radius 3 is 2.30 bits per heavy atom. The highest BCUT2D eigenvalue weighted by atomic mass is 16.6. The van der Waals surface area contributed by atoms with Gasteiger partial charge in [-0.15, -0.1) is 0 Å². The van der Waals surface area contributed by atoms with Crippen LogP contribution in [0, 0.1) is 0 Å². The number of H-pyrrole nitrogens is 1. The third-order valence-corrected chi connectivity index (χ3v) is 4.84. The Morgan fingerprint density at radius 1 is 1.03 bits per heavy atom. The molecule has 3 aromatic rings. The van der Waals surface area contributed by atoms with Crippen molar-refractivity contribution in [1.29, 1.82) is 0 Å². The SMILES string of the molecule is CC(C)(C)OC(=O)N1CCc2[nH]c(-c3ccccc3)c(Nc3ccccc3)c2C1=O. The van der Waals surface area contributed by atoms with Crippen LogP contribution < -0.4 is 5.32 Å². The third kappa shape index (κ3) is 3.94. The van der Waals surface area contributed by atoms with E-state index < -0.39 is 11.7 Å². The fraction of sp³-hybridized carbons (Fsp3) is 0.250. The first-order valence-corrected chi connectivity index (χ1v) is 10.0. The molecule has 0 unspecified atom stereocenters. The van der Waals surface area contributed by atoms with Crippen LogP contribution in [0.3, 0.4) is 0 Å². The first-order valence-electron chi connectivity index (χ1n) is 10.0. The maximum atomic E-state index is 13.4. The monoisotopic (exact) mass is 403 g/mol. The molecule has 0 fully saturated rings. The molecule has 1 aliphatic rings. The molecule has 0 atom stereocenters. The number of hydrogen-bond donors (Lipinski definition) is 2. The maximum Gasteiger partial charge on any atom is 0.417 e. The minimum atomic E-state index is -0.671. The summed E-state index contributed by atoms with van der Waals surface area (Å²) in [5, 5.41) is 3.39.